The van der Waals surface area contributed by atoms with Crippen molar-refractivity contribution in [3.63, 3.8) is 0 Å². The molecule has 0 bridgehead atoms. The van der Waals surface area contributed by atoms with Gasteiger partial charge in [0.15, 0.2) is 0 Å². The number of carbonyl (C=O) groups excluding carboxylic acids is 2. The molecule has 2 amide bonds. The van der Waals surface area contributed by atoms with Gasteiger partial charge in [0, 0.05) is 38.4 Å². The molecule has 2 aliphatic rings. The number of amides is 2. The maximum Gasteiger partial charge on any atom is 0.407 e. The quantitative estimate of drug-likeness (QED) is 0.778. The normalized spacial score (nSPS) is 18.7. The van der Waals surface area contributed by atoms with E-state index >= 15 is 0 Å². The Morgan fingerprint density at radius 3 is 2.35 bits per heavy atom. The van der Waals surface area contributed by atoms with Crippen LogP contribution in [0.4, 0.5) is 10.5 Å². The van der Waals surface area contributed by atoms with Gasteiger partial charge in [0.2, 0.25) is 5.91 Å². The highest BCUT2D eigenvalue weighted by Crippen LogP contribution is 2.19. The van der Waals surface area contributed by atoms with E-state index in [1.54, 1.807) is 0 Å². The predicted molar refractivity (Wildman–Crippen MR) is 123 cm³/mol. The Bertz CT molecular complexity index is 745. The number of carbonyl (C=O) groups is 2. The van der Waals surface area contributed by atoms with Crippen LogP contribution >= 0.6 is 0 Å². The highest BCUT2D eigenvalue weighted by atomic mass is 16.6. The molecule has 0 aromatic heterocycles. The zero-order valence-electron chi connectivity index (χ0n) is 19.5. The maximum absolute atomic E-state index is 12.8. The number of piperazine rings is 1. The molecule has 2 saturated heterocycles. The summed E-state index contributed by atoms with van der Waals surface area (Å²) < 4.78 is 5.30. The summed E-state index contributed by atoms with van der Waals surface area (Å²) in [6.45, 7) is 14.0. The number of benzene rings is 1. The number of piperidine rings is 1. The van der Waals surface area contributed by atoms with Gasteiger partial charge < -0.3 is 19.9 Å². The minimum atomic E-state index is -0.473. The van der Waals surface area contributed by atoms with Crippen molar-refractivity contribution >= 4 is 17.7 Å². The van der Waals surface area contributed by atoms with Gasteiger partial charge in [0.1, 0.15) is 5.60 Å². The highest BCUT2D eigenvalue weighted by molar-refractivity contribution is 5.78. The van der Waals surface area contributed by atoms with Gasteiger partial charge in [-0.25, -0.2) is 4.79 Å². The summed E-state index contributed by atoms with van der Waals surface area (Å²) in [6, 6.07) is 8.56. The van der Waals surface area contributed by atoms with Crippen molar-refractivity contribution in [1.82, 2.24) is 15.1 Å². The molecule has 0 atom stereocenters. The monoisotopic (exact) mass is 430 g/mol. The number of rotatable bonds is 5. The van der Waals surface area contributed by atoms with Crippen LogP contribution < -0.4 is 10.2 Å². The highest BCUT2D eigenvalue weighted by Gasteiger charge is 2.26. The van der Waals surface area contributed by atoms with Crippen molar-refractivity contribution in [1.29, 1.82) is 0 Å². The zero-order valence-corrected chi connectivity index (χ0v) is 19.5. The van der Waals surface area contributed by atoms with Gasteiger partial charge in [-0.2, -0.15) is 0 Å². The predicted octanol–water partition coefficient (Wildman–Crippen LogP) is 2.88. The fourth-order valence-electron chi connectivity index (χ4n) is 4.22. The summed E-state index contributed by atoms with van der Waals surface area (Å²) >= 11 is 0. The lowest BCUT2D eigenvalue weighted by atomic mass is 9.97. The SMILES string of the molecule is Cc1cccc(N2CCN(C(=O)CN3CCC(CNC(=O)OC(C)(C)C)CC3)CC2)c1. The van der Waals surface area contributed by atoms with Crippen LogP contribution in [0.3, 0.4) is 0 Å². The number of anilines is 1. The molecule has 0 spiro atoms. The minimum Gasteiger partial charge on any atom is -0.444 e. The average Bonchev–Trinajstić information content (AvgIpc) is 2.72. The summed E-state index contributed by atoms with van der Waals surface area (Å²) in [4.78, 5) is 31.2. The number of hydrogen-bond acceptors (Lipinski definition) is 5. The molecule has 2 aliphatic heterocycles. The molecule has 172 valence electrons. The Balaban J connectivity index is 1.34. The fraction of sp³-hybridized carbons (Fsp3) is 0.667. The molecule has 3 rings (SSSR count). The molecule has 2 heterocycles. The molecule has 0 saturated carbocycles. The van der Waals surface area contributed by atoms with Crippen molar-refractivity contribution in [2.24, 2.45) is 5.92 Å². The molecule has 1 aromatic rings. The van der Waals surface area contributed by atoms with E-state index in [9.17, 15) is 9.59 Å². The Labute approximate surface area is 186 Å². The summed E-state index contributed by atoms with van der Waals surface area (Å²) in [5.74, 6) is 0.672. The number of aryl methyl sites for hydroxylation is 1. The molecule has 1 aromatic carbocycles. The van der Waals surface area contributed by atoms with Crippen LogP contribution in [0.1, 0.15) is 39.2 Å². The first-order valence-corrected chi connectivity index (χ1v) is 11.5. The smallest absolute Gasteiger partial charge is 0.407 e. The molecule has 0 radical (unpaired) electrons. The van der Waals surface area contributed by atoms with E-state index < -0.39 is 5.60 Å². The molecular weight excluding hydrogens is 392 g/mol. The number of nitrogens with zero attached hydrogens (tertiary/aromatic N) is 3. The first kappa shape index (κ1) is 23.4. The Morgan fingerprint density at radius 2 is 1.74 bits per heavy atom. The Hall–Kier alpha value is -2.28. The first-order chi connectivity index (χ1) is 14.7. The lowest BCUT2D eigenvalue weighted by Gasteiger charge is -2.38. The van der Waals surface area contributed by atoms with E-state index in [1.807, 2.05) is 25.7 Å². The van der Waals surface area contributed by atoms with E-state index in [0.717, 1.165) is 52.1 Å². The van der Waals surface area contributed by atoms with Gasteiger partial charge in [-0.3, -0.25) is 9.69 Å². The lowest BCUT2D eigenvalue weighted by molar-refractivity contribution is -0.133. The topological polar surface area (TPSA) is 65.1 Å². The Morgan fingerprint density at radius 1 is 1.06 bits per heavy atom. The van der Waals surface area contributed by atoms with Crippen LogP contribution in [0, 0.1) is 12.8 Å². The minimum absolute atomic E-state index is 0.231. The number of alkyl carbamates (subject to hydrolysis) is 1. The zero-order chi connectivity index (χ0) is 22.4. The second kappa shape index (κ2) is 10.4. The molecule has 7 heteroatoms. The van der Waals surface area contributed by atoms with Gasteiger partial charge >= 0.3 is 6.09 Å². The summed E-state index contributed by atoms with van der Waals surface area (Å²) in [5.41, 5.74) is 2.04. The van der Waals surface area contributed by atoms with Crippen LogP contribution in [0.15, 0.2) is 24.3 Å². The van der Waals surface area contributed by atoms with Gasteiger partial charge in [-0.1, -0.05) is 12.1 Å². The largest absolute Gasteiger partial charge is 0.444 e. The van der Waals surface area contributed by atoms with E-state index in [0.29, 0.717) is 19.0 Å². The second-order valence-electron chi connectivity index (χ2n) is 9.81. The summed E-state index contributed by atoms with van der Waals surface area (Å²) in [5, 5.41) is 2.88. The molecular formula is C24H38N4O3. The number of ether oxygens (including phenoxy) is 1. The average molecular weight is 431 g/mol. The van der Waals surface area contributed by atoms with Crippen molar-refractivity contribution in [2.45, 2.75) is 46.1 Å². The van der Waals surface area contributed by atoms with Crippen molar-refractivity contribution < 1.29 is 14.3 Å². The van der Waals surface area contributed by atoms with Gasteiger partial charge in [-0.15, -0.1) is 0 Å². The van der Waals surface area contributed by atoms with Gasteiger partial charge in [-0.05, 0) is 77.2 Å². The van der Waals surface area contributed by atoms with E-state index in [1.165, 1.54) is 11.3 Å². The van der Waals surface area contributed by atoms with Crippen LogP contribution in [-0.2, 0) is 9.53 Å². The van der Waals surface area contributed by atoms with Crippen molar-refractivity contribution in [2.75, 3.05) is 57.3 Å². The van der Waals surface area contributed by atoms with Crippen molar-refractivity contribution in [3.8, 4) is 0 Å². The second-order valence-corrected chi connectivity index (χ2v) is 9.81. The summed E-state index contributed by atoms with van der Waals surface area (Å²) in [6.07, 6.45) is 1.63. The van der Waals surface area contributed by atoms with Crippen LogP contribution in [0.2, 0.25) is 0 Å². The standard InChI is InChI=1S/C24H38N4O3/c1-19-6-5-7-21(16-19)27-12-14-28(15-13-27)22(29)18-26-10-8-20(9-11-26)17-25-23(30)31-24(2,3)4/h5-7,16,20H,8-15,17-18H2,1-4H3,(H,25,30). The molecule has 0 unspecified atom stereocenters. The molecule has 7 nitrogen and oxygen atoms in total. The third-order valence-electron chi connectivity index (χ3n) is 6.00. The third-order valence-corrected chi connectivity index (χ3v) is 6.00. The fourth-order valence-corrected chi connectivity index (χ4v) is 4.22. The Kier molecular flexibility index (Phi) is 7.81. The molecule has 0 aliphatic carbocycles. The number of hydrogen-bond donors (Lipinski definition) is 1. The van der Waals surface area contributed by atoms with Gasteiger partial charge in [0.05, 0.1) is 6.54 Å². The molecule has 31 heavy (non-hydrogen) atoms. The maximum atomic E-state index is 12.8. The van der Waals surface area contributed by atoms with Gasteiger partial charge in [0.25, 0.3) is 0 Å². The first-order valence-electron chi connectivity index (χ1n) is 11.5. The van der Waals surface area contributed by atoms with Crippen LogP contribution in [0.5, 0.6) is 0 Å². The molecule has 1 N–H and O–H groups in total. The van der Waals surface area contributed by atoms with E-state index in [-0.39, 0.29) is 12.0 Å². The summed E-state index contributed by atoms with van der Waals surface area (Å²) in [7, 11) is 0. The third kappa shape index (κ3) is 7.42. The van der Waals surface area contributed by atoms with Crippen molar-refractivity contribution in [3.05, 3.63) is 29.8 Å². The number of likely N-dealkylation sites (tertiary alicyclic amines) is 1. The van der Waals surface area contributed by atoms with Crippen LogP contribution in [-0.4, -0.2) is 79.8 Å². The number of nitrogens with one attached hydrogen (secondary N) is 1. The lowest BCUT2D eigenvalue weighted by Crippen LogP contribution is -2.52. The van der Waals surface area contributed by atoms with E-state index in [4.69, 9.17) is 4.74 Å². The van der Waals surface area contributed by atoms with Crippen LogP contribution in [0.25, 0.3) is 0 Å². The molecule has 2 fully saturated rings. The van der Waals surface area contributed by atoms with E-state index in [2.05, 4.69) is 46.3 Å².